The molecule has 1 aliphatic rings. The number of nitrogens with one attached hydrogen (secondary N) is 1. The monoisotopic (exact) mass is 367 g/mol. The van der Waals surface area contributed by atoms with Crippen LogP contribution >= 0.6 is 0 Å². The van der Waals surface area contributed by atoms with E-state index in [0.29, 0.717) is 13.0 Å². The van der Waals surface area contributed by atoms with Gasteiger partial charge in [-0.15, -0.1) is 0 Å². The zero-order valence-electron chi connectivity index (χ0n) is 15.9. The summed E-state index contributed by atoms with van der Waals surface area (Å²) in [5.41, 5.74) is 2.34. The van der Waals surface area contributed by atoms with E-state index in [9.17, 15) is 8.42 Å². The quantitative estimate of drug-likeness (QED) is 0.729. The second-order valence-corrected chi connectivity index (χ2v) is 9.05. The fourth-order valence-corrected chi connectivity index (χ4v) is 4.52. The minimum absolute atomic E-state index is 0.105. The molecule has 6 heteroatoms. The minimum Gasteiger partial charge on any atom is -0.378 e. The molecule has 0 spiro atoms. The highest BCUT2D eigenvalue weighted by atomic mass is 32.2. The van der Waals surface area contributed by atoms with Crippen LogP contribution in [0.5, 0.6) is 0 Å². The maximum absolute atomic E-state index is 12.2. The van der Waals surface area contributed by atoms with Crippen molar-refractivity contribution in [2.24, 2.45) is 0 Å². The molecule has 1 unspecified atom stereocenters. The van der Waals surface area contributed by atoms with Crippen LogP contribution in [0.3, 0.4) is 0 Å². The molecule has 1 aromatic rings. The summed E-state index contributed by atoms with van der Waals surface area (Å²) < 4.78 is 27.3. The van der Waals surface area contributed by atoms with Crippen LogP contribution in [-0.2, 0) is 10.0 Å². The van der Waals surface area contributed by atoms with Crippen molar-refractivity contribution >= 4 is 15.7 Å². The summed E-state index contributed by atoms with van der Waals surface area (Å²) in [7, 11) is 0.862. The maximum Gasteiger partial charge on any atom is 0.211 e. The molecule has 0 aliphatic carbocycles. The lowest BCUT2D eigenvalue weighted by molar-refractivity contribution is 0.164. The Bertz CT molecular complexity index is 608. The standard InChI is InChI=1S/C19H33N3O2S/c1-4-5-15-25(23,24)20-16-19(22-13-7-6-8-14-22)17-9-11-18(12-10-17)21(2)3/h9-12,19-20H,4-8,13-16H2,1-3H3. The Morgan fingerprint density at radius 1 is 1.12 bits per heavy atom. The zero-order chi connectivity index (χ0) is 18.3. The van der Waals surface area contributed by atoms with Gasteiger partial charge in [-0.3, -0.25) is 4.90 Å². The van der Waals surface area contributed by atoms with E-state index in [1.54, 1.807) is 0 Å². The van der Waals surface area contributed by atoms with Gasteiger partial charge in [0, 0.05) is 32.4 Å². The molecule has 1 aromatic carbocycles. The van der Waals surface area contributed by atoms with E-state index in [2.05, 4.69) is 38.8 Å². The Balaban J connectivity index is 2.12. The Labute approximate surface area is 153 Å². The van der Waals surface area contributed by atoms with E-state index in [-0.39, 0.29) is 11.8 Å². The molecule has 2 rings (SSSR count). The minimum atomic E-state index is -3.19. The van der Waals surface area contributed by atoms with Crippen molar-refractivity contribution in [3.8, 4) is 0 Å². The van der Waals surface area contributed by atoms with Crippen LogP contribution in [0.1, 0.15) is 50.6 Å². The Kier molecular flexibility index (Phi) is 7.72. The normalized spacial score (nSPS) is 17.4. The number of anilines is 1. The first-order valence-electron chi connectivity index (χ1n) is 9.41. The van der Waals surface area contributed by atoms with Gasteiger partial charge in [-0.05, 0) is 50.0 Å². The summed E-state index contributed by atoms with van der Waals surface area (Å²) in [5, 5.41) is 0. The van der Waals surface area contributed by atoms with Gasteiger partial charge in [-0.25, -0.2) is 13.1 Å². The van der Waals surface area contributed by atoms with Gasteiger partial charge in [-0.1, -0.05) is 31.9 Å². The van der Waals surface area contributed by atoms with Crippen LogP contribution in [-0.4, -0.2) is 52.8 Å². The number of nitrogens with zero attached hydrogens (tertiary/aromatic N) is 2. The van der Waals surface area contributed by atoms with Crippen molar-refractivity contribution < 1.29 is 8.42 Å². The highest BCUT2D eigenvalue weighted by molar-refractivity contribution is 7.89. The van der Waals surface area contributed by atoms with Crippen LogP contribution in [0.4, 0.5) is 5.69 Å². The molecule has 25 heavy (non-hydrogen) atoms. The lowest BCUT2D eigenvalue weighted by Crippen LogP contribution is -2.41. The molecule has 0 amide bonds. The van der Waals surface area contributed by atoms with E-state index in [0.717, 1.165) is 25.2 Å². The van der Waals surface area contributed by atoms with Crippen LogP contribution in [0, 0.1) is 0 Å². The molecular formula is C19H33N3O2S. The van der Waals surface area contributed by atoms with Gasteiger partial charge < -0.3 is 4.90 Å². The Morgan fingerprint density at radius 3 is 2.32 bits per heavy atom. The highest BCUT2D eigenvalue weighted by Crippen LogP contribution is 2.26. The summed E-state index contributed by atoms with van der Waals surface area (Å²) >= 11 is 0. The predicted molar refractivity (Wildman–Crippen MR) is 106 cm³/mol. The number of hydrogen-bond acceptors (Lipinski definition) is 4. The van der Waals surface area contributed by atoms with Gasteiger partial charge in [0.05, 0.1) is 5.75 Å². The van der Waals surface area contributed by atoms with E-state index >= 15 is 0 Å². The SMILES string of the molecule is CCCCS(=O)(=O)NCC(c1ccc(N(C)C)cc1)N1CCCCC1. The highest BCUT2D eigenvalue weighted by Gasteiger charge is 2.24. The zero-order valence-corrected chi connectivity index (χ0v) is 16.7. The summed E-state index contributed by atoms with van der Waals surface area (Å²) in [6.07, 6.45) is 5.25. The van der Waals surface area contributed by atoms with E-state index in [1.807, 2.05) is 21.0 Å². The number of piperidine rings is 1. The van der Waals surface area contributed by atoms with Crippen molar-refractivity contribution in [1.29, 1.82) is 0 Å². The first-order valence-corrected chi connectivity index (χ1v) is 11.1. The molecule has 5 nitrogen and oxygen atoms in total. The third-order valence-electron chi connectivity index (χ3n) is 4.89. The van der Waals surface area contributed by atoms with Gasteiger partial charge >= 0.3 is 0 Å². The van der Waals surface area contributed by atoms with E-state index in [4.69, 9.17) is 0 Å². The second-order valence-electron chi connectivity index (χ2n) is 7.12. The molecular weight excluding hydrogens is 334 g/mol. The summed E-state index contributed by atoms with van der Waals surface area (Å²) in [4.78, 5) is 4.50. The van der Waals surface area contributed by atoms with Gasteiger partial charge in [0.25, 0.3) is 0 Å². The molecule has 1 atom stereocenters. The molecule has 1 N–H and O–H groups in total. The van der Waals surface area contributed by atoms with Crippen molar-refractivity contribution in [2.75, 3.05) is 44.4 Å². The fourth-order valence-electron chi connectivity index (χ4n) is 3.29. The number of benzene rings is 1. The van der Waals surface area contributed by atoms with Crippen molar-refractivity contribution in [3.63, 3.8) is 0 Å². The lowest BCUT2D eigenvalue weighted by Gasteiger charge is -2.35. The van der Waals surface area contributed by atoms with Gasteiger partial charge in [0.1, 0.15) is 0 Å². The molecule has 1 saturated heterocycles. The van der Waals surface area contributed by atoms with Crippen LogP contribution in [0.25, 0.3) is 0 Å². The third-order valence-corrected chi connectivity index (χ3v) is 6.32. The number of likely N-dealkylation sites (tertiary alicyclic amines) is 1. The van der Waals surface area contributed by atoms with Gasteiger partial charge in [-0.2, -0.15) is 0 Å². The van der Waals surface area contributed by atoms with Crippen LogP contribution in [0.2, 0.25) is 0 Å². The number of rotatable bonds is 9. The van der Waals surface area contributed by atoms with E-state index in [1.165, 1.54) is 24.8 Å². The average molecular weight is 368 g/mol. The molecule has 0 bridgehead atoms. The van der Waals surface area contributed by atoms with Crippen LogP contribution in [0.15, 0.2) is 24.3 Å². The van der Waals surface area contributed by atoms with Crippen molar-refractivity contribution in [2.45, 2.75) is 45.1 Å². The van der Waals surface area contributed by atoms with Gasteiger partial charge in [0.15, 0.2) is 0 Å². The summed E-state index contributed by atoms with van der Waals surface area (Å²) in [5.74, 6) is 0.218. The van der Waals surface area contributed by atoms with Crippen molar-refractivity contribution in [1.82, 2.24) is 9.62 Å². The Hall–Kier alpha value is -1.11. The Morgan fingerprint density at radius 2 is 1.76 bits per heavy atom. The summed E-state index contributed by atoms with van der Waals surface area (Å²) in [6.45, 7) is 4.54. The molecule has 1 aliphatic heterocycles. The fraction of sp³-hybridized carbons (Fsp3) is 0.684. The van der Waals surface area contributed by atoms with Crippen molar-refractivity contribution in [3.05, 3.63) is 29.8 Å². The molecule has 142 valence electrons. The molecule has 1 heterocycles. The molecule has 0 aromatic heterocycles. The first-order chi connectivity index (χ1) is 11.9. The maximum atomic E-state index is 12.2. The molecule has 1 fully saturated rings. The van der Waals surface area contributed by atoms with Crippen LogP contribution < -0.4 is 9.62 Å². The lowest BCUT2D eigenvalue weighted by atomic mass is 10.0. The molecule has 0 radical (unpaired) electrons. The van der Waals surface area contributed by atoms with E-state index < -0.39 is 10.0 Å². The number of unbranched alkanes of at least 4 members (excludes halogenated alkanes) is 1. The van der Waals surface area contributed by atoms with Gasteiger partial charge in [0.2, 0.25) is 10.0 Å². The number of sulfonamides is 1. The smallest absolute Gasteiger partial charge is 0.211 e. The first kappa shape index (κ1) is 20.2. The average Bonchev–Trinajstić information content (AvgIpc) is 2.61. The predicted octanol–water partition coefficient (Wildman–Crippen LogP) is 3.00. The number of hydrogen-bond donors (Lipinski definition) is 1. The second kappa shape index (κ2) is 9.55. The summed E-state index contributed by atoms with van der Waals surface area (Å²) in [6, 6.07) is 8.59. The molecule has 0 saturated carbocycles. The third kappa shape index (κ3) is 6.28. The topological polar surface area (TPSA) is 52.7 Å². The largest absolute Gasteiger partial charge is 0.378 e.